The highest BCUT2D eigenvalue weighted by molar-refractivity contribution is 5.25. The topological polar surface area (TPSA) is 28.2 Å². The quantitative estimate of drug-likeness (QED) is 0.798. The Bertz CT molecular complexity index is 389. The maximum absolute atomic E-state index is 4.57. The standard InChI is InChI=1S/C16H27N3/c1-13(2)19(3)12-6-11-17-15-9-4-7-14-8-5-10-18-16(14)15/h5,8,10,13,15,17H,4,6-7,9,11-12H2,1-3H3. The Kier molecular flexibility index (Phi) is 5.34. The van der Waals surface area contributed by atoms with Crippen LogP contribution >= 0.6 is 0 Å². The van der Waals surface area contributed by atoms with Gasteiger partial charge in [-0.3, -0.25) is 4.98 Å². The molecule has 1 heterocycles. The Morgan fingerprint density at radius 2 is 2.32 bits per heavy atom. The number of pyridine rings is 1. The molecular weight excluding hydrogens is 234 g/mol. The fraction of sp³-hybridized carbons (Fsp3) is 0.688. The van der Waals surface area contributed by atoms with Gasteiger partial charge in [0.25, 0.3) is 0 Å². The largest absolute Gasteiger partial charge is 0.309 e. The molecule has 3 heteroatoms. The first kappa shape index (κ1) is 14.5. The van der Waals surface area contributed by atoms with Crippen molar-refractivity contribution in [2.75, 3.05) is 20.1 Å². The molecule has 3 nitrogen and oxygen atoms in total. The van der Waals surface area contributed by atoms with E-state index in [9.17, 15) is 0 Å². The monoisotopic (exact) mass is 261 g/mol. The van der Waals surface area contributed by atoms with E-state index in [1.807, 2.05) is 6.20 Å². The van der Waals surface area contributed by atoms with Gasteiger partial charge >= 0.3 is 0 Å². The van der Waals surface area contributed by atoms with Crippen LogP contribution in [0.5, 0.6) is 0 Å². The first-order valence-electron chi connectivity index (χ1n) is 7.56. The molecule has 0 aliphatic heterocycles. The summed E-state index contributed by atoms with van der Waals surface area (Å²) in [6.07, 6.45) is 6.82. The molecule has 0 radical (unpaired) electrons. The Morgan fingerprint density at radius 3 is 3.11 bits per heavy atom. The highest BCUT2D eigenvalue weighted by atomic mass is 15.1. The van der Waals surface area contributed by atoms with Crippen LogP contribution in [-0.4, -0.2) is 36.1 Å². The van der Waals surface area contributed by atoms with Crippen LogP contribution in [0, 0.1) is 0 Å². The second kappa shape index (κ2) is 7.01. The molecule has 1 aromatic heterocycles. The van der Waals surface area contributed by atoms with Crippen molar-refractivity contribution in [1.29, 1.82) is 0 Å². The predicted molar refractivity (Wildman–Crippen MR) is 80.3 cm³/mol. The van der Waals surface area contributed by atoms with Gasteiger partial charge in [0.1, 0.15) is 0 Å². The lowest BCUT2D eigenvalue weighted by Gasteiger charge is -2.26. The van der Waals surface area contributed by atoms with Crippen LogP contribution in [-0.2, 0) is 6.42 Å². The van der Waals surface area contributed by atoms with Crippen molar-refractivity contribution in [2.24, 2.45) is 0 Å². The number of rotatable bonds is 6. The Labute approximate surface area is 117 Å². The van der Waals surface area contributed by atoms with Gasteiger partial charge in [-0.2, -0.15) is 0 Å². The summed E-state index contributed by atoms with van der Waals surface area (Å²) in [5, 5.41) is 3.68. The number of hydrogen-bond donors (Lipinski definition) is 1. The maximum atomic E-state index is 4.57. The summed E-state index contributed by atoms with van der Waals surface area (Å²) < 4.78 is 0. The molecule has 1 atom stereocenters. The second-order valence-corrected chi connectivity index (χ2v) is 5.87. The number of hydrogen-bond acceptors (Lipinski definition) is 3. The van der Waals surface area contributed by atoms with E-state index in [-0.39, 0.29) is 0 Å². The molecule has 0 amide bonds. The van der Waals surface area contributed by atoms with Gasteiger partial charge in [-0.05, 0) is 71.3 Å². The van der Waals surface area contributed by atoms with Gasteiger partial charge in [-0.1, -0.05) is 6.07 Å². The Hall–Kier alpha value is -0.930. The van der Waals surface area contributed by atoms with Crippen LogP contribution < -0.4 is 5.32 Å². The van der Waals surface area contributed by atoms with Crippen molar-refractivity contribution in [2.45, 2.75) is 51.6 Å². The molecule has 1 aliphatic carbocycles. The third kappa shape index (κ3) is 4.02. The molecule has 1 N–H and O–H groups in total. The van der Waals surface area contributed by atoms with Crippen LogP contribution in [0.15, 0.2) is 18.3 Å². The smallest absolute Gasteiger partial charge is 0.0605 e. The summed E-state index contributed by atoms with van der Waals surface area (Å²) in [4.78, 5) is 6.97. The van der Waals surface area contributed by atoms with E-state index in [1.54, 1.807) is 0 Å². The lowest BCUT2D eigenvalue weighted by atomic mass is 9.92. The summed E-state index contributed by atoms with van der Waals surface area (Å²) in [5.41, 5.74) is 2.72. The average molecular weight is 261 g/mol. The minimum absolute atomic E-state index is 0.467. The summed E-state index contributed by atoms with van der Waals surface area (Å²) in [7, 11) is 2.20. The lowest BCUT2D eigenvalue weighted by molar-refractivity contribution is 0.266. The van der Waals surface area contributed by atoms with Gasteiger partial charge in [0, 0.05) is 18.3 Å². The number of aromatic nitrogens is 1. The minimum Gasteiger partial charge on any atom is -0.309 e. The molecule has 0 saturated heterocycles. The van der Waals surface area contributed by atoms with Crippen molar-refractivity contribution in [3.63, 3.8) is 0 Å². The van der Waals surface area contributed by atoms with Gasteiger partial charge in [0.15, 0.2) is 0 Å². The highest BCUT2D eigenvalue weighted by Crippen LogP contribution is 2.27. The lowest BCUT2D eigenvalue weighted by Crippen LogP contribution is -2.31. The van der Waals surface area contributed by atoms with Crippen molar-refractivity contribution in [3.8, 4) is 0 Å². The molecule has 106 valence electrons. The highest BCUT2D eigenvalue weighted by Gasteiger charge is 2.20. The number of aryl methyl sites for hydroxylation is 1. The van der Waals surface area contributed by atoms with Crippen molar-refractivity contribution in [3.05, 3.63) is 29.6 Å². The molecule has 1 aromatic rings. The maximum Gasteiger partial charge on any atom is 0.0605 e. The summed E-state index contributed by atoms with van der Waals surface area (Å²) >= 11 is 0. The van der Waals surface area contributed by atoms with E-state index in [0.29, 0.717) is 12.1 Å². The molecule has 19 heavy (non-hydrogen) atoms. The van der Waals surface area contributed by atoms with Crippen LogP contribution in [0.2, 0.25) is 0 Å². The molecule has 1 unspecified atom stereocenters. The van der Waals surface area contributed by atoms with E-state index >= 15 is 0 Å². The van der Waals surface area contributed by atoms with E-state index in [4.69, 9.17) is 0 Å². The van der Waals surface area contributed by atoms with Crippen LogP contribution in [0.1, 0.15) is 50.4 Å². The Morgan fingerprint density at radius 1 is 1.47 bits per heavy atom. The second-order valence-electron chi connectivity index (χ2n) is 5.87. The Balaban J connectivity index is 1.78. The first-order valence-corrected chi connectivity index (χ1v) is 7.56. The van der Waals surface area contributed by atoms with Crippen molar-refractivity contribution in [1.82, 2.24) is 15.2 Å². The van der Waals surface area contributed by atoms with Gasteiger partial charge < -0.3 is 10.2 Å². The molecule has 0 bridgehead atoms. The van der Waals surface area contributed by atoms with Crippen molar-refractivity contribution >= 4 is 0 Å². The van der Waals surface area contributed by atoms with E-state index < -0.39 is 0 Å². The minimum atomic E-state index is 0.467. The summed E-state index contributed by atoms with van der Waals surface area (Å²) in [6.45, 7) is 6.73. The molecular formula is C16H27N3. The van der Waals surface area contributed by atoms with E-state index in [0.717, 1.165) is 13.1 Å². The van der Waals surface area contributed by atoms with E-state index in [2.05, 4.69) is 48.2 Å². The average Bonchev–Trinajstić information content (AvgIpc) is 2.43. The molecule has 0 fully saturated rings. The molecule has 1 aliphatic rings. The van der Waals surface area contributed by atoms with Crippen LogP contribution in [0.3, 0.4) is 0 Å². The molecule has 0 spiro atoms. The van der Waals surface area contributed by atoms with Gasteiger partial charge in [-0.25, -0.2) is 0 Å². The van der Waals surface area contributed by atoms with Gasteiger partial charge in [0.05, 0.1) is 5.69 Å². The molecule has 0 saturated carbocycles. The fourth-order valence-corrected chi connectivity index (χ4v) is 2.67. The molecule has 0 aromatic carbocycles. The third-order valence-corrected chi connectivity index (χ3v) is 4.15. The van der Waals surface area contributed by atoms with Gasteiger partial charge in [-0.15, -0.1) is 0 Å². The summed E-state index contributed by atoms with van der Waals surface area (Å²) in [5.74, 6) is 0. The predicted octanol–water partition coefficient (Wildman–Crippen LogP) is 2.78. The number of nitrogens with one attached hydrogen (secondary N) is 1. The molecule has 2 rings (SSSR count). The van der Waals surface area contributed by atoms with Crippen LogP contribution in [0.4, 0.5) is 0 Å². The SMILES string of the molecule is CC(C)N(C)CCCNC1CCCc2cccnc21. The number of nitrogens with zero attached hydrogens (tertiary/aromatic N) is 2. The van der Waals surface area contributed by atoms with Gasteiger partial charge in [0.2, 0.25) is 0 Å². The first-order chi connectivity index (χ1) is 9.18. The summed E-state index contributed by atoms with van der Waals surface area (Å²) in [6, 6.07) is 5.38. The van der Waals surface area contributed by atoms with Crippen LogP contribution in [0.25, 0.3) is 0 Å². The number of fused-ring (bicyclic) bond motifs is 1. The fourth-order valence-electron chi connectivity index (χ4n) is 2.67. The zero-order chi connectivity index (χ0) is 13.7. The normalized spacial score (nSPS) is 18.9. The van der Waals surface area contributed by atoms with E-state index in [1.165, 1.54) is 36.9 Å². The van der Waals surface area contributed by atoms with Crippen molar-refractivity contribution < 1.29 is 0 Å². The zero-order valence-corrected chi connectivity index (χ0v) is 12.5. The third-order valence-electron chi connectivity index (χ3n) is 4.15. The zero-order valence-electron chi connectivity index (χ0n) is 12.5.